The third-order valence-corrected chi connectivity index (χ3v) is 4.24. The van der Waals surface area contributed by atoms with Crippen molar-refractivity contribution >= 4 is 5.91 Å². The Kier molecular flexibility index (Phi) is 4.31. The van der Waals surface area contributed by atoms with Gasteiger partial charge in [-0.15, -0.1) is 0 Å². The molecule has 3 rings (SSSR count). The maximum Gasteiger partial charge on any atom is 0.237 e. The number of pyridine rings is 1. The minimum atomic E-state index is -0.0114. The molecular formula is C16H22N2O2. The van der Waals surface area contributed by atoms with Crippen LogP contribution in [-0.4, -0.2) is 29.7 Å². The second-order valence-corrected chi connectivity index (χ2v) is 5.75. The van der Waals surface area contributed by atoms with E-state index in [0.717, 1.165) is 24.8 Å². The highest BCUT2D eigenvalue weighted by atomic mass is 16.5. The van der Waals surface area contributed by atoms with Gasteiger partial charge in [0.15, 0.2) is 0 Å². The zero-order chi connectivity index (χ0) is 13.8. The highest BCUT2D eigenvalue weighted by molar-refractivity contribution is 5.81. The van der Waals surface area contributed by atoms with Crippen LogP contribution < -0.4 is 5.49 Å². The molecule has 0 N–H and O–H groups in total. The molecule has 2 aliphatic rings. The van der Waals surface area contributed by atoms with Crippen molar-refractivity contribution < 1.29 is 9.53 Å². The Morgan fingerprint density at radius 1 is 1.20 bits per heavy atom. The number of ether oxygens (including phenoxy) is 1. The summed E-state index contributed by atoms with van der Waals surface area (Å²) in [6, 6.07) is 6.18. The minimum Gasteiger partial charge on any atom is -0.381 e. The lowest BCUT2D eigenvalue weighted by Gasteiger charge is -2.18. The maximum atomic E-state index is 12.5. The Balaban J connectivity index is 1.87. The second kappa shape index (κ2) is 6.35. The fourth-order valence-corrected chi connectivity index (χ4v) is 3.05. The molecule has 1 aromatic rings. The number of carbonyl (C=O) groups is 1. The number of hydrogen-bond acceptors (Lipinski definition) is 3. The van der Waals surface area contributed by atoms with E-state index in [1.165, 1.54) is 19.3 Å². The second-order valence-electron chi connectivity index (χ2n) is 5.75. The van der Waals surface area contributed by atoms with Gasteiger partial charge in [0.05, 0.1) is 18.6 Å². The normalized spacial score (nSPS) is 25.0. The summed E-state index contributed by atoms with van der Waals surface area (Å²) in [4.78, 5) is 17.3. The summed E-state index contributed by atoms with van der Waals surface area (Å²) in [7, 11) is 0. The van der Waals surface area contributed by atoms with Crippen LogP contribution in [0.5, 0.6) is 0 Å². The van der Waals surface area contributed by atoms with Crippen LogP contribution in [0.3, 0.4) is 0 Å². The van der Waals surface area contributed by atoms with E-state index in [4.69, 9.17) is 9.73 Å². The summed E-state index contributed by atoms with van der Waals surface area (Å²) < 4.78 is 7.04. The Hall–Kier alpha value is -1.42. The van der Waals surface area contributed by atoms with Crippen LogP contribution in [0.4, 0.5) is 0 Å². The van der Waals surface area contributed by atoms with Gasteiger partial charge in [-0.25, -0.2) is 0 Å². The van der Waals surface area contributed by atoms with E-state index < -0.39 is 0 Å². The van der Waals surface area contributed by atoms with Crippen molar-refractivity contribution in [3.8, 4) is 0 Å². The van der Waals surface area contributed by atoms with Crippen molar-refractivity contribution in [2.24, 2.45) is 10.9 Å². The smallest absolute Gasteiger partial charge is 0.237 e. The average molecular weight is 274 g/mol. The molecular weight excluding hydrogens is 252 g/mol. The molecule has 1 unspecified atom stereocenters. The summed E-state index contributed by atoms with van der Waals surface area (Å²) in [6.07, 6.45) is 8.78. The molecule has 4 nitrogen and oxygen atoms in total. The van der Waals surface area contributed by atoms with Gasteiger partial charge in [-0.1, -0.05) is 25.3 Å². The zero-order valence-electron chi connectivity index (χ0n) is 11.8. The predicted molar refractivity (Wildman–Crippen MR) is 76.4 cm³/mol. The molecule has 20 heavy (non-hydrogen) atoms. The van der Waals surface area contributed by atoms with Gasteiger partial charge in [0, 0.05) is 12.8 Å². The van der Waals surface area contributed by atoms with Crippen LogP contribution >= 0.6 is 0 Å². The fraction of sp³-hybridized carbons (Fsp3) is 0.625. The van der Waals surface area contributed by atoms with Crippen molar-refractivity contribution in [2.75, 3.05) is 13.2 Å². The molecule has 1 aliphatic carbocycles. The van der Waals surface area contributed by atoms with E-state index in [1.54, 1.807) is 4.57 Å². The predicted octanol–water partition coefficient (Wildman–Crippen LogP) is 2.40. The van der Waals surface area contributed by atoms with Crippen LogP contribution in [-0.2, 0) is 4.74 Å². The van der Waals surface area contributed by atoms with E-state index in [9.17, 15) is 4.79 Å². The number of carbonyl (C=O) groups excluding carboxylic acids is 1. The van der Waals surface area contributed by atoms with E-state index >= 15 is 0 Å². The number of nitrogens with zero attached hydrogens (tertiary/aromatic N) is 2. The van der Waals surface area contributed by atoms with Gasteiger partial charge in [0.1, 0.15) is 5.49 Å². The molecule has 1 saturated heterocycles. The third kappa shape index (κ3) is 3.01. The molecule has 1 aromatic heterocycles. The van der Waals surface area contributed by atoms with Crippen LogP contribution in [0.1, 0.15) is 43.3 Å². The van der Waals surface area contributed by atoms with E-state index in [0.29, 0.717) is 19.3 Å². The molecule has 0 aromatic carbocycles. The SMILES string of the molecule is O=C(C1CCOC1)n1ccccc1=NC1CCCCC1. The van der Waals surface area contributed by atoms with Crippen molar-refractivity contribution in [3.05, 3.63) is 29.9 Å². The number of rotatable bonds is 2. The van der Waals surface area contributed by atoms with Gasteiger partial charge in [-0.05, 0) is 31.4 Å². The molecule has 108 valence electrons. The molecule has 1 atom stereocenters. The van der Waals surface area contributed by atoms with Crippen LogP contribution in [0.25, 0.3) is 0 Å². The molecule has 1 saturated carbocycles. The summed E-state index contributed by atoms with van der Waals surface area (Å²) in [5, 5.41) is 0. The van der Waals surface area contributed by atoms with Crippen molar-refractivity contribution in [2.45, 2.75) is 44.6 Å². The summed E-state index contributed by atoms with van der Waals surface area (Å²) >= 11 is 0. The lowest BCUT2D eigenvalue weighted by molar-refractivity contribution is 0.0808. The summed E-state index contributed by atoms with van der Waals surface area (Å²) in [5.74, 6) is 0.111. The van der Waals surface area contributed by atoms with Crippen LogP contribution in [0.2, 0.25) is 0 Å². The Morgan fingerprint density at radius 2 is 2.05 bits per heavy atom. The average Bonchev–Trinajstić information content (AvgIpc) is 3.02. The summed E-state index contributed by atoms with van der Waals surface area (Å²) in [6.45, 7) is 1.24. The maximum absolute atomic E-state index is 12.5. The van der Waals surface area contributed by atoms with E-state index in [1.807, 2.05) is 24.4 Å². The highest BCUT2D eigenvalue weighted by Crippen LogP contribution is 2.19. The van der Waals surface area contributed by atoms with E-state index in [-0.39, 0.29) is 11.8 Å². The van der Waals surface area contributed by atoms with Gasteiger partial charge in [-0.2, -0.15) is 0 Å². The largest absolute Gasteiger partial charge is 0.381 e. The Labute approximate surface area is 119 Å². The summed E-state index contributed by atoms with van der Waals surface area (Å²) in [5.41, 5.74) is 0.802. The molecule has 1 aliphatic heterocycles. The highest BCUT2D eigenvalue weighted by Gasteiger charge is 2.25. The van der Waals surface area contributed by atoms with Gasteiger partial charge < -0.3 is 4.74 Å². The first kappa shape index (κ1) is 13.6. The van der Waals surface area contributed by atoms with Gasteiger partial charge in [0.25, 0.3) is 0 Å². The van der Waals surface area contributed by atoms with Crippen LogP contribution in [0, 0.1) is 5.92 Å². The fourth-order valence-electron chi connectivity index (χ4n) is 3.05. The molecule has 4 heteroatoms. The Morgan fingerprint density at radius 3 is 2.80 bits per heavy atom. The lowest BCUT2D eigenvalue weighted by Crippen LogP contribution is -2.33. The number of aromatic nitrogens is 1. The first-order valence-corrected chi connectivity index (χ1v) is 7.68. The lowest BCUT2D eigenvalue weighted by atomic mass is 9.96. The minimum absolute atomic E-state index is 0.0114. The first-order chi connectivity index (χ1) is 9.84. The first-order valence-electron chi connectivity index (χ1n) is 7.68. The Bertz CT molecular complexity index is 523. The monoisotopic (exact) mass is 274 g/mol. The van der Waals surface area contributed by atoms with E-state index in [2.05, 4.69) is 0 Å². The topological polar surface area (TPSA) is 43.6 Å². The molecule has 2 fully saturated rings. The molecule has 0 bridgehead atoms. The standard InChI is InChI=1S/C16H22N2O2/c19-16(13-9-11-20-12-13)18-10-5-4-8-15(18)17-14-6-2-1-3-7-14/h4-5,8,10,13-14H,1-3,6-7,9,11-12H2. The quantitative estimate of drug-likeness (QED) is 0.831. The molecule has 0 spiro atoms. The van der Waals surface area contributed by atoms with Gasteiger partial charge >= 0.3 is 0 Å². The zero-order valence-corrected chi connectivity index (χ0v) is 11.8. The molecule has 0 radical (unpaired) electrons. The van der Waals surface area contributed by atoms with Gasteiger partial charge in [-0.3, -0.25) is 14.4 Å². The van der Waals surface area contributed by atoms with Gasteiger partial charge in [0.2, 0.25) is 5.91 Å². The van der Waals surface area contributed by atoms with Crippen molar-refractivity contribution in [1.82, 2.24) is 4.57 Å². The van der Waals surface area contributed by atoms with Crippen molar-refractivity contribution in [3.63, 3.8) is 0 Å². The third-order valence-electron chi connectivity index (χ3n) is 4.24. The molecule has 0 amide bonds. The molecule has 2 heterocycles. The van der Waals surface area contributed by atoms with Crippen LogP contribution in [0.15, 0.2) is 29.4 Å². The van der Waals surface area contributed by atoms with Crippen molar-refractivity contribution in [1.29, 1.82) is 0 Å². The number of hydrogen-bond donors (Lipinski definition) is 0.